The average molecular weight is 298 g/mol. The number of benzene rings is 1. The summed E-state index contributed by atoms with van der Waals surface area (Å²) in [6.45, 7) is 0. The zero-order valence-corrected chi connectivity index (χ0v) is 12.1. The van der Waals surface area contributed by atoms with Gasteiger partial charge in [0.05, 0.1) is 7.11 Å². The van der Waals surface area contributed by atoms with Gasteiger partial charge in [0.1, 0.15) is 11.4 Å². The number of para-hydroxylation sites is 1. The highest BCUT2D eigenvalue weighted by atomic mass is 16.6. The monoisotopic (exact) mass is 298 g/mol. The smallest absolute Gasteiger partial charge is 0.417 e. The Hall–Kier alpha value is -3.09. The minimum Gasteiger partial charge on any atom is -0.479 e. The number of carbonyl (C=O) groups is 1. The number of nitrogens with one attached hydrogen (secondary N) is 1. The van der Waals surface area contributed by atoms with Crippen LogP contribution in [0, 0.1) is 0 Å². The first-order valence-electron chi connectivity index (χ1n) is 6.58. The highest BCUT2D eigenvalue weighted by Crippen LogP contribution is 2.26. The number of amides is 1. The lowest BCUT2D eigenvalue weighted by Gasteiger charge is -2.09. The van der Waals surface area contributed by atoms with Gasteiger partial charge in [0.25, 0.3) is 0 Å². The van der Waals surface area contributed by atoms with Crippen molar-refractivity contribution in [3.05, 3.63) is 42.6 Å². The normalized spacial score (nSPS) is 10.5. The highest BCUT2D eigenvalue weighted by Gasteiger charge is 2.13. The topological polar surface area (TPSA) is 78.3 Å². The fraction of sp³-hybridized carbons (Fsp3) is 0.133. The van der Waals surface area contributed by atoms with Crippen LogP contribution in [0.3, 0.4) is 0 Å². The molecule has 0 aliphatic rings. The summed E-state index contributed by atoms with van der Waals surface area (Å²) >= 11 is 0. The SMILES string of the molecule is COc1nc2nn(C)cc2cc1NC(=O)Oc1ccccc1. The molecule has 0 bridgehead atoms. The van der Waals surface area contributed by atoms with Gasteiger partial charge in [0, 0.05) is 18.6 Å². The summed E-state index contributed by atoms with van der Waals surface area (Å²) in [5.74, 6) is 0.727. The van der Waals surface area contributed by atoms with E-state index in [1.54, 1.807) is 48.3 Å². The third-order valence-electron chi connectivity index (χ3n) is 2.96. The van der Waals surface area contributed by atoms with E-state index in [0.29, 0.717) is 17.1 Å². The molecule has 0 aliphatic carbocycles. The number of hydrogen-bond acceptors (Lipinski definition) is 5. The molecule has 1 amide bonds. The fourth-order valence-corrected chi connectivity index (χ4v) is 2.03. The predicted molar refractivity (Wildman–Crippen MR) is 81.1 cm³/mol. The Balaban J connectivity index is 1.84. The molecule has 0 saturated carbocycles. The third-order valence-corrected chi connectivity index (χ3v) is 2.96. The van der Waals surface area contributed by atoms with Gasteiger partial charge < -0.3 is 9.47 Å². The van der Waals surface area contributed by atoms with E-state index in [0.717, 1.165) is 5.39 Å². The lowest BCUT2D eigenvalue weighted by molar-refractivity contribution is 0.215. The van der Waals surface area contributed by atoms with Gasteiger partial charge in [0.15, 0.2) is 5.65 Å². The number of carbonyl (C=O) groups excluding carboxylic acids is 1. The molecule has 112 valence electrons. The highest BCUT2D eigenvalue weighted by molar-refractivity contribution is 5.91. The van der Waals surface area contributed by atoms with Gasteiger partial charge in [-0.3, -0.25) is 10.00 Å². The third kappa shape index (κ3) is 2.83. The zero-order chi connectivity index (χ0) is 15.5. The summed E-state index contributed by atoms with van der Waals surface area (Å²) in [4.78, 5) is 16.2. The van der Waals surface area contributed by atoms with Crippen LogP contribution in [0.15, 0.2) is 42.6 Å². The summed E-state index contributed by atoms with van der Waals surface area (Å²) in [5, 5.41) is 7.61. The van der Waals surface area contributed by atoms with E-state index in [1.807, 2.05) is 6.07 Å². The molecule has 0 fully saturated rings. The van der Waals surface area contributed by atoms with Crippen molar-refractivity contribution in [2.24, 2.45) is 7.05 Å². The molecule has 2 heterocycles. The van der Waals surface area contributed by atoms with Crippen LogP contribution in [-0.2, 0) is 7.05 Å². The number of pyridine rings is 1. The average Bonchev–Trinajstić information content (AvgIpc) is 2.86. The van der Waals surface area contributed by atoms with E-state index < -0.39 is 6.09 Å². The van der Waals surface area contributed by atoms with Gasteiger partial charge in [-0.2, -0.15) is 10.1 Å². The van der Waals surface area contributed by atoms with Crippen molar-refractivity contribution in [3.8, 4) is 11.6 Å². The number of methoxy groups -OCH3 is 1. The van der Waals surface area contributed by atoms with Crippen molar-refractivity contribution in [1.82, 2.24) is 14.8 Å². The number of hydrogen-bond donors (Lipinski definition) is 1. The van der Waals surface area contributed by atoms with Crippen molar-refractivity contribution in [2.45, 2.75) is 0 Å². The Labute approximate surface area is 126 Å². The standard InChI is InChI=1S/C15H14N4O3/c1-19-9-10-8-12(14(21-2)17-13(10)18-19)16-15(20)22-11-6-4-3-5-7-11/h3-9H,1-2H3,(H,16,20). The molecule has 0 aliphatic heterocycles. The molecular weight excluding hydrogens is 284 g/mol. The maximum atomic E-state index is 12.0. The summed E-state index contributed by atoms with van der Waals surface area (Å²) in [5.41, 5.74) is 0.963. The molecular formula is C15H14N4O3. The van der Waals surface area contributed by atoms with Crippen molar-refractivity contribution < 1.29 is 14.3 Å². The zero-order valence-electron chi connectivity index (χ0n) is 12.1. The maximum Gasteiger partial charge on any atom is 0.417 e. The van der Waals surface area contributed by atoms with Crippen LogP contribution >= 0.6 is 0 Å². The quantitative estimate of drug-likeness (QED) is 0.804. The fourth-order valence-electron chi connectivity index (χ4n) is 2.03. The first-order chi connectivity index (χ1) is 10.7. The second-order valence-corrected chi connectivity index (χ2v) is 4.59. The Morgan fingerprint density at radius 3 is 2.77 bits per heavy atom. The van der Waals surface area contributed by atoms with Gasteiger partial charge in [-0.05, 0) is 18.2 Å². The number of anilines is 1. The number of fused-ring (bicyclic) bond motifs is 1. The summed E-state index contributed by atoms with van der Waals surface area (Å²) in [6, 6.07) is 10.5. The van der Waals surface area contributed by atoms with Crippen LogP contribution < -0.4 is 14.8 Å². The van der Waals surface area contributed by atoms with Gasteiger partial charge in [-0.1, -0.05) is 18.2 Å². The predicted octanol–water partition coefficient (Wildman–Crippen LogP) is 2.59. The van der Waals surface area contributed by atoms with E-state index in [4.69, 9.17) is 9.47 Å². The van der Waals surface area contributed by atoms with E-state index in [9.17, 15) is 4.79 Å². The largest absolute Gasteiger partial charge is 0.479 e. The molecule has 7 heteroatoms. The number of aryl methyl sites for hydroxylation is 1. The van der Waals surface area contributed by atoms with Gasteiger partial charge in [0.2, 0.25) is 5.88 Å². The van der Waals surface area contributed by atoms with Crippen LogP contribution in [0.25, 0.3) is 11.0 Å². The van der Waals surface area contributed by atoms with E-state index in [1.165, 1.54) is 7.11 Å². The van der Waals surface area contributed by atoms with Crippen molar-refractivity contribution in [1.29, 1.82) is 0 Å². The number of ether oxygens (including phenoxy) is 2. The number of nitrogens with zero attached hydrogens (tertiary/aromatic N) is 3. The van der Waals surface area contributed by atoms with E-state index >= 15 is 0 Å². The molecule has 0 unspecified atom stereocenters. The maximum absolute atomic E-state index is 12.0. The molecule has 0 atom stereocenters. The Morgan fingerprint density at radius 2 is 2.05 bits per heavy atom. The lowest BCUT2D eigenvalue weighted by atomic mass is 10.3. The first-order valence-corrected chi connectivity index (χ1v) is 6.58. The van der Waals surface area contributed by atoms with Gasteiger partial charge in [-0.15, -0.1) is 0 Å². The van der Waals surface area contributed by atoms with E-state index in [2.05, 4.69) is 15.4 Å². The summed E-state index contributed by atoms with van der Waals surface area (Å²) in [6.07, 6.45) is 1.18. The van der Waals surface area contributed by atoms with Crippen LogP contribution in [0.2, 0.25) is 0 Å². The molecule has 0 saturated heterocycles. The van der Waals surface area contributed by atoms with Gasteiger partial charge in [-0.25, -0.2) is 4.79 Å². The van der Waals surface area contributed by atoms with Crippen LogP contribution in [0.5, 0.6) is 11.6 Å². The minimum atomic E-state index is -0.616. The first kappa shape index (κ1) is 13.9. The Kier molecular flexibility index (Phi) is 3.61. The van der Waals surface area contributed by atoms with Crippen molar-refractivity contribution in [3.63, 3.8) is 0 Å². The number of rotatable bonds is 3. The second kappa shape index (κ2) is 5.72. The van der Waals surface area contributed by atoms with E-state index in [-0.39, 0.29) is 5.88 Å². The summed E-state index contributed by atoms with van der Waals surface area (Å²) in [7, 11) is 3.27. The number of aromatic nitrogens is 3. The molecule has 1 N–H and O–H groups in total. The van der Waals surface area contributed by atoms with Crippen molar-refractivity contribution >= 4 is 22.8 Å². The second-order valence-electron chi connectivity index (χ2n) is 4.59. The minimum absolute atomic E-state index is 0.274. The van der Waals surface area contributed by atoms with Crippen LogP contribution in [0.4, 0.5) is 10.5 Å². The lowest BCUT2D eigenvalue weighted by Crippen LogP contribution is -2.17. The molecule has 7 nitrogen and oxygen atoms in total. The molecule has 3 rings (SSSR count). The van der Waals surface area contributed by atoms with Crippen molar-refractivity contribution in [2.75, 3.05) is 12.4 Å². The van der Waals surface area contributed by atoms with Crippen LogP contribution in [-0.4, -0.2) is 28.0 Å². The van der Waals surface area contributed by atoms with Crippen LogP contribution in [0.1, 0.15) is 0 Å². The molecule has 0 spiro atoms. The van der Waals surface area contributed by atoms with Gasteiger partial charge >= 0.3 is 6.09 Å². The molecule has 1 aromatic carbocycles. The molecule has 22 heavy (non-hydrogen) atoms. The molecule has 2 aromatic heterocycles. The molecule has 3 aromatic rings. The Bertz CT molecular complexity index is 814. The Morgan fingerprint density at radius 1 is 1.27 bits per heavy atom. The summed E-state index contributed by atoms with van der Waals surface area (Å²) < 4.78 is 12.0. The molecule has 0 radical (unpaired) electrons.